The molecule has 0 aliphatic carbocycles. The lowest BCUT2D eigenvalue weighted by atomic mass is 10.1. The van der Waals surface area contributed by atoms with Gasteiger partial charge in [0.25, 0.3) is 0 Å². The summed E-state index contributed by atoms with van der Waals surface area (Å²) in [6, 6.07) is 5.39. The number of carboxylic acid groups (broad SMARTS) is 1. The van der Waals surface area contributed by atoms with Gasteiger partial charge in [0.05, 0.1) is 11.4 Å². The number of rotatable bonds is 2. The van der Waals surface area contributed by atoms with Crippen molar-refractivity contribution >= 4 is 5.97 Å². The highest BCUT2D eigenvalue weighted by Gasteiger charge is 2.22. The second-order valence-corrected chi connectivity index (χ2v) is 4.60. The lowest BCUT2D eigenvalue weighted by molar-refractivity contribution is 0.0697. The van der Waals surface area contributed by atoms with Gasteiger partial charge in [-0.1, -0.05) is 0 Å². The van der Waals surface area contributed by atoms with Crippen LogP contribution in [-0.4, -0.2) is 34.1 Å². The van der Waals surface area contributed by atoms with Crippen molar-refractivity contribution < 1.29 is 19.4 Å². The first kappa shape index (κ1) is 12.5. The topological polar surface area (TPSA) is 73.6 Å². The molecule has 6 nitrogen and oxygen atoms in total. The minimum absolute atomic E-state index is 0.212. The van der Waals surface area contributed by atoms with E-state index in [1.165, 1.54) is 0 Å². The second-order valence-electron chi connectivity index (χ2n) is 4.60. The Balaban J connectivity index is 2.16. The number of benzene rings is 1. The number of aromatic carboxylic acids is 1. The number of nitrogens with zero attached hydrogens (tertiary/aromatic N) is 2. The van der Waals surface area contributed by atoms with E-state index in [9.17, 15) is 9.90 Å². The number of aromatic nitrogens is 2. The maximum absolute atomic E-state index is 11.4. The van der Waals surface area contributed by atoms with Crippen molar-refractivity contribution in [3.05, 3.63) is 29.5 Å². The van der Waals surface area contributed by atoms with Crippen LogP contribution in [0.1, 0.15) is 16.1 Å². The monoisotopic (exact) mass is 274 g/mol. The van der Waals surface area contributed by atoms with Crippen molar-refractivity contribution in [2.45, 2.75) is 6.92 Å². The van der Waals surface area contributed by atoms with Crippen LogP contribution in [0.15, 0.2) is 18.2 Å². The molecule has 0 fully saturated rings. The minimum Gasteiger partial charge on any atom is -0.486 e. The van der Waals surface area contributed by atoms with Crippen molar-refractivity contribution in [1.82, 2.24) is 9.78 Å². The number of aryl methyl sites for hydroxylation is 2. The number of ether oxygens (including phenoxy) is 2. The summed E-state index contributed by atoms with van der Waals surface area (Å²) in [4.78, 5) is 11.4. The van der Waals surface area contributed by atoms with Gasteiger partial charge in [0.15, 0.2) is 11.5 Å². The molecule has 1 N–H and O–H groups in total. The highest BCUT2D eigenvalue weighted by Crippen LogP contribution is 2.36. The molecule has 0 atom stereocenters. The van der Waals surface area contributed by atoms with Gasteiger partial charge in [-0.05, 0) is 25.1 Å². The molecule has 0 saturated heterocycles. The fraction of sp³-hybridized carbons (Fsp3) is 0.286. The molecule has 0 radical (unpaired) electrons. The van der Waals surface area contributed by atoms with E-state index in [1.807, 2.05) is 6.07 Å². The fourth-order valence-corrected chi connectivity index (χ4v) is 2.44. The first-order valence-corrected chi connectivity index (χ1v) is 6.25. The van der Waals surface area contributed by atoms with Crippen LogP contribution in [0.5, 0.6) is 11.5 Å². The number of carbonyl (C=O) groups is 1. The summed E-state index contributed by atoms with van der Waals surface area (Å²) in [5, 5.41) is 13.5. The SMILES string of the molecule is Cc1nn(C)c(-c2ccc3c(c2)OCCO3)c1C(=O)O. The third kappa shape index (κ3) is 1.89. The first-order valence-electron chi connectivity index (χ1n) is 6.25. The minimum atomic E-state index is -0.986. The maximum atomic E-state index is 11.4. The summed E-state index contributed by atoms with van der Waals surface area (Å²) in [5.41, 5.74) is 2.01. The maximum Gasteiger partial charge on any atom is 0.339 e. The predicted molar refractivity (Wildman–Crippen MR) is 71.3 cm³/mol. The molecule has 1 aromatic carbocycles. The van der Waals surface area contributed by atoms with Crippen LogP contribution in [0.25, 0.3) is 11.3 Å². The molecule has 1 aliphatic heterocycles. The molecule has 0 amide bonds. The number of fused-ring (bicyclic) bond motifs is 1. The van der Waals surface area contributed by atoms with Gasteiger partial charge in [-0.3, -0.25) is 4.68 Å². The summed E-state index contributed by atoms with van der Waals surface area (Å²) in [5.74, 6) is 0.320. The lowest BCUT2D eigenvalue weighted by Crippen LogP contribution is -2.15. The Bertz CT molecular complexity index is 691. The zero-order chi connectivity index (χ0) is 14.3. The van der Waals surface area contributed by atoms with Gasteiger partial charge < -0.3 is 14.6 Å². The van der Waals surface area contributed by atoms with Gasteiger partial charge in [-0.2, -0.15) is 5.10 Å². The molecule has 2 heterocycles. The van der Waals surface area contributed by atoms with E-state index in [-0.39, 0.29) is 5.56 Å². The summed E-state index contributed by atoms with van der Waals surface area (Å²) >= 11 is 0. The summed E-state index contributed by atoms with van der Waals surface area (Å²) in [6.07, 6.45) is 0. The van der Waals surface area contributed by atoms with E-state index in [4.69, 9.17) is 9.47 Å². The molecule has 6 heteroatoms. The smallest absolute Gasteiger partial charge is 0.339 e. The van der Waals surface area contributed by atoms with Crippen molar-refractivity contribution in [2.24, 2.45) is 7.05 Å². The number of hydrogen-bond donors (Lipinski definition) is 1. The second kappa shape index (κ2) is 4.56. The molecule has 0 saturated carbocycles. The summed E-state index contributed by atoms with van der Waals surface area (Å²) in [7, 11) is 1.73. The van der Waals surface area contributed by atoms with E-state index in [1.54, 1.807) is 30.8 Å². The average Bonchev–Trinajstić information content (AvgIpc) is 2.73. The first-order chi connectivity index (χ1) is 9.58. The van der Waals surface area contributed by atoms with Crippen LogP contribution in [0.2, 0.25) is 0 Å². The summed E-state index contributed by atoms with van der Waals surface area (Å²) < 4.78 is 12.6. The molecule has 1 aromatic heterocycles. The molecule has 0 bridgehead atoms. The Morgan fingerprint density at radius 1 is 1.30 bits per heavy atom. The molecule has 0 unspecified atom stereocenters. The normalized spacial score (nSPS) is 13.3. The van der Waals surface area contributed by atoms with Crippen molar-refractivity contribution in [3.63, 3.8) is 0 Å². The average molecular weight is 274 g/mol. The van der Waals surface area contributed by atoms with Gasteiger partial charge >= 0.3 is 5.97 Å². The van der Waals surface area contributed by atoms with Gasteiger partial charge in [0.1, 0.15) is 18.8 Å². The Kier molecular flexibility index (Phi) is 2.85. The van der Waals surface area contributed by atoms with Crippen LogP contribution < -0.4 is 9.47 Å². The van der Waals surface area contributed by atoms with Crippen molar-refractivity contribution in [3.8, 4) is 22.8 Å². The molecule has 2 aromatic rings. The number of carboxylic acids is 1. The third-order valence-electron chi connectivity index (χ3n) is 3.25. The van der Waals surface area contributed by atoms with Gasteiger partial charge in [0, 0.05) is 12.6 Å². The van der Waals surface area contributed by atoms with E-state index in [2.05, 4.69) is 5.10 Å². The molecular formula is C14H14N2O4. The predicted octanol–water partition coefficient (Wildman–Crippen LogP) is 1.86. The fourth-order valence-electron chi connectivity index (χ4n) is 2.44. The highest BCUT2D eigenvalue weighted by atomic mass is 16.6. The highest BCUT2D eigenvalue weighted by molar-refractivity contribution is 5.96. The van der Waals surface area contributed by atoms with Crippen LogP contribution >= 0.6 is 0 Å². The van der Waals surface area contributed by atoms with E-state index in [0.29, 0.717) is 36.1 Å². The Morgan fingerprint density at radius 2 is 2.00 bits per heavy atom. The Morgan fingerprint density at radius 3 is 2.70 bits per heavy atom. The van der Waals surface area contributed by atoms with Gasteiger partial charge in [0.2, 0.25) is 0 Å². The Hall–Kier alpha value is -2.50. The van der Waals surface area contributed by atoms with Crippen LogP contribution in [0.3, 0.4) is 0 Å². The summed E-state index contributed by atoms with van der Waals surface area (Å²) in [6.45, 7) is 2.70. The molecule has 104 valence electrons. The quantitative estimate of drug-likeness (QED) is 0.904. The lowest BCUT2D eigenvalue weighted by Gasteiger charge is -2.19. The van der Waals surface area contributed by atoms with Crippen LogP contribution in [0.4, 0.5) is 0 Å². The zero-order valence-electron chi connectivity index (χ0n) is 11.2. The molecule has 1 aliphatic rings. The van der Waals surface area contributed by atoms with Crippen molar-refractivity contribution in [2.75, 3.05) is 13.2 Å². The zero-order valence-corrected chi connectivity index (χ0v) is 11.2. The van der Waals surface area contributed by atoms with E-state index < -0.39 is 5.97 Å². The number of hydrogen-bond acceptors (Lipinski definition) is 4. The molecule has 20 heavy (non-hydrogen) atoms. The van der Waals surface area contributed by atoms with Crippen molar-refractivity contribution in [1.29, 1.82) is 0 Å². The van der Waals surface area contributed by atoms with Gasteiger partial charge in [-0.25, -0.2) is 4.79 Å². The largest absolute Gasteiger partial charge is 0.486 e. The van der Waals surface area contributed by atoms with Crippen LogP contribution in [0, 0.1) is 6.92 Å². The molecule has 3 rings (SSSR count). The molecular weight excluding hydrogens is 260 g/mol. The Labute approximate surface area is 115 Å². The standard InChI is InChI=1S/C14H14N2O4/c1-8-12(14(17)18)13(16(2)15-8)9-3-4-10-11(7-9)20-6-5-19-10/h3-4,7H,5-6H2,1-2H3,(H,17,18). The molecule has 0 spiro atoms. The third-order valence-corrected chi connectivity index (χ3v) is 3.25. The van der Waals surface area contributed by atoms with Crippen LogP contribution in [-0.2, 0) is 7.05 Å². The van der Waals surface area contributed by atoms with E-state index in [0.717, 1.165) is 5.56 Å². The van der Waals surface area contributed by atoms with E-state index >= 15 is 0 Å². The van der Waals surface area contributed by atoms with Gasteiger partial charge in [-0.15, -0.1) is 0 Å².